The molecule has 0 N–H and O–H groups in total. The fourth-order valence-electron chi connectivity index (χ4n) is 1.89. The normalized spacial score (nSPS) is 13.3. The van der Waals surface area contributed by atoms with Crippen LogP contribution in [0.2, 0.25) is 0 Å². The summed E-state index contributed by atoms with van der Waals surface area (Å²) >= 11 is 0. The van der Waals surface area contributed by atoms with E-state index in [1.165, 1.54) is 4.57 Å². The van der Waals surface area contributed by atoms with Crippen LogP contribution in [0.5, 0.6) is 0 Å². The topological polar surface area (TPSA) is 52.2 Å². The van der Waals surface area contributed by atoms with E-state index in [2.05, 4.69) is 4.42 Å². The molecule has 0 fully saturated rings. The highest BCUT2D eigenvalue weighted by Crippen LogP contribution is 2.19. The molecule has 1 aliphatic rings. The van der Waals surface area contributed by atoms with Crippen LogP contribution in [-0.4, -0.2) is 4.57 Å². The van der Waals surface area contributed by atoms with Crippen LogP contribution < -0.4 is 11.4 Å². The number of allylic oxidation sites excluding steroid dienone is 1. The Hall–Kier alpha value is -2.10. The minimum Gasteiger partial charge on any atom is -0.372 e. The SMILES string of the molecule is O=c1oc(=O)n2c3c(cccc13)C=CC2. The predicted molar refractivity (Wildman–Crippen MR) is 55.8 cm³/mol. The molecule has 0 radical (unpaired) electrons. The van der Waals surface area contributed by atoms with Crippen LogP contribution >= 0.6 is 0 Å². The van der Waals surface area contributed by atoms with Crippen molar-refractivity contribution in [3.63, 3.8) is 0 Å². The number of rotatable bonds is 0. The van der Waals surface area contributed by atoms with Crippen LogP contribution in [0.25, 0.3) is 17.0 Å². The van der Waals surface area contributed by atoms with Crippen molar-refractivity contribution in [1.29, 1.82) is 0 Å². The summed E-state index contributed by atoms with van der Waals surface area (Å²) in [5, 5.41) is 0.455. The fraction of sp³-hybridized carbons (Fsp3) is 0.0909. The Bertz CT molecular complexity index is 691. The first-order valence-electron chi connectivity index (χ1n) is 4.60. The van der Waals surface area contributed by atoms with Gasteiger partial charge in [-0.25, -0.2) is 9.59 Å². The average molecular weight is 201 g/mol. The van der Waals surface area contributed by atoms with Crippen molar-refractivity contribution in [2.24, 2.45) is 0 Å². The Morgan fingerprint density at radius 3 is 3.00 bits per heavy atom. The molecule has 0 bridgehead atoms. The smallest absolute Gasteiger partial charge is 0.372 e. The second kappa shape index (κ2) is 2.70. The lowest BCUT2D eigenvalue weighted by Gasteiger charge is -2.12. The third kappa shape index (κ3) is 1.01. The first-order valence-corrected chi connectivity index (χ1v) is 4.60. The van der Waals surface area contributed by atoms with Gasteiger partial charge < -0.3 is 4.42 Å². The van der Waals surface area contributed by atoms with Crippen LogP contribution in [0.1, 0.15) is 5.56 Å². The molecule has 0 atom stereocenters. The lowest BCUT2D eigenvalue weighted by atomic mass is 10.1. The quantitative estimate of drug-likeness (QED) is 0.638. The number of aromatic nitrogens is 1. The van der Waals surface area contributed by atoms with Crippen LogP contribution in [0.3, 0.4) is 0 Å². The molecule has 15 heavy (non-hydrogen) atoms. The summed E-state index contributed by atoms with van der Waals surface area (Å²) in [6.45, 7) is 0.454. The highest BCUT2D eigenvalue weighted by atomic mass is 16.4. The van der Waals surface area contributed by atoms with E-state index < -0.39 is 11.4 Å². The van der Waals surface area contributed by atoms with E-state index in [4.69, 9.17) is 0 Å². The van der Waals surface area contributed by atoms with Gasteiger partial charge in [-0.3, -0.25) is 4.57 Å². The van der Waals surface area contributed by atoms with Gasteiger partial charge in [-0.2, -0.15) is 0 Å². The molecule has 2 aromatic rings. The van der Waals surface area contributed by atoms with Crippen molar-refractivity contribution in [3.8, 4) is 0 Å². The van der Waals surface area contributed by atoms with E-state index in [1.54, 1.807) is 12.1 Å². The second-order valence-corrected chi connectivity index (χ2v) is 3.41. The molecule has 4 nitrogen and oxygen atoms in total. The Labute approximate surface area is 84.1 Å². The number of para-hydroxylation sites is 1. The number of hydrogen-bond acceptors (Lipinski definition) is 3. The third-order valence-electron chi connectivity index (χ3n) is 2.54. The zero-order valence-electron chi connectivity index (χ0n) is 7.77. The van der Waals surface area contributed by atoms with Crippen molar-refractivity contribution in [3.05, 3.63) is 50.8 Å². The molecular weight excluding hydrogens is 194 g/mol. The molecule has 2 heterocycles. The van der Waals surface area contributed by atoms with Crippen molar-refractivity contribution in [2.45, 2.75) is 6.54 Å². The molecular formula is C11H7NO3. The van der Waals surface area contributed by atoms with Gasteiger partial charge in [0.15, 0.2) is 0 Å². The van der Waals surface area contributed by atoms with Gasteiger partial charge in [0.1, 0.15) is 0 Å². The van der Waals surface area contributed by atoms with Crippen LogP contribution in [-0.2, 0) is 6.54 Å². The van der Waals surface area contributed by atoms with Crippen molar-refractivity contribution >= 4 is 17.0 Å². The number of nitrogens with zero attached hydrogens (tertiary/aromatic N) is 1. The molecule has 1 aromatic carbocycles. The molecule has 0 unspecified atom stereocenters. The Morgan fingerprint density at radius 2 is 2.13 bits per heavy atom. The standard InChI is InChI=1S/C11H7NO3/c13-10-8-5-1-3-7-4-2-6-12(9(7)8)11(14)15-10/h1-5H,6H2. The van der Waals surface area contributed by atoms with E-state index in [0.717, 1.165) is 5.56 Å². The van der Waals surface area contributed by atoms with Crippen molar-refractivity contribution in [1.82, 2.24) is 4.57 Å². The first-order chi connectivity index (χ1) is 7.27. The molecule has 0 spiro atoms. The van der Waals surface area contributed by atoms with Gasteiger partial charge in [0.2, 0.25) is 0 Å². The lowest BCUT2D eigenvalue weighted by Crippen LogP contribution is -2.26. The maximum atomic E-state index is 11.4. The van der Waals surface area contributed by atoms with Gasteiger partial charge in [-0.15, -0.1) is 0 Å². The predicted octanol–water partition coefficient (Wildman–Crippen LogP) is 0.982. The van der Waals surface area contributed by atoms with Crippen LogP contribution in [0.15, 0.2) is 38.3 Å². The monoisotopic (exact) mass is 201 g/mol. The van der Waals surface area contributed by atoms with E-state index in [1.807, 2.05) is 18.2 Å². The Kier molecular flexibility index (Phi) is 1.48. The Morgan fingerprint density at radius 1 is 1.27 bits per heavy atom. The molecule has 1 aliphatic heterocycles. The van der Waals surface area contributed by atoms with Gasteiger partial charge in [0.25, 0.3) is 0 Å². The summed E-state index contributed by atoms with van der Waals surface area (Å²) in [6.07, 6.45) is 3.77. The number of benzene rings is 1. The molecule has 0 saturated heterocycles. The van der Waals surface area contributed by atoms with E-state index >= 15 is 0 Å². The maximum absolute atomic E-state index is 11.4. The molecule has 74 valence electrons. The van der Waals surface area contributed by atoms with E-state index in [0.29, 0.717) is 17.4 Å². The van der Waals surface area contributed by atoms with Gasteiger partial charge in [-0.05, 0) is 11.6 Å². The third-order valence-corrected chi connectivity index (χ3v) is 2.54. The van der Waals surface area contributed by atoms with Crippen LogP contribution in [0, 0.1) is 0 Å². The molecule has 0 amide bonds. The summed E-state index contributed by atoms with van der Waals surface area (Å²) in [5.41, 5.74) is 0.980. The molecule has 4 heteroatoms. The summed E-state index contributed by atoms with van der Waals surface area (Å²) in [6, 6.07) is 5.31. The highest BCUT2D eigenvalue weighted by molar-refractivity contribution is 5.87. The number of hydrogen-bond donors (Lipinski definition) is 0. The van der Waals surface area contributed by atoms with Gasteiger partial charge in [0, 0.05) is 6.54 Å². The van der Waals surface area contributed by atoms with E-state index in [9.17, 15) is 9.59 Å². The molecule has 0 aliphatic carbocycles. The minimum atomic E-state index is -0.593. The first kappa shape index (κ1) is 8.23. The maximum Gasteiger partial charge on any atom is 0.422 e. The zero-order chi connectivity index (χ0) is 10.4. The summed E-state index contributed by atoms with van der Waals surface area (Å²) < 4.78 is 6.08. The van der Waals surface area contributed by atoms with Gasteiger partial charge in [0.05, 0.1) is 10.9 Å². The highest BCUT2D eigenvalue weighted by Gasteiger charge is 2.13. The zero-order valence-corrected chi connectivity index (χ0v) is 7.77. The molecule has 1 aromatic heterocycles. The molecule has 3 rings (SSSR count). The average Bonchev–Trinajstić information content (AvgIpc) is 2.25. The lowest BCUT2D eigenvalue weighted by molar-refractivity contribution is 0.425. The van der Waals surface area contributed by atoms with Crippen molar-refractivity contribution in [2.75, 3.05) is 0 Å². The van der Waals surface area contributed by atoms with Crippen LogP contribution in [0.4, 0.5) is 0 Å². The minimum absolute atomic E-state index is 0.454. The van der Waals surface area contributed by atoms with Gasteiger partial charge in [-0.1, -0.05) is 24.3 Å². The largest absolute Gasteiger partial charge is 0.422 e. The summed E-state index contributed by atoms with van der Waals surface area (Å²) in [5.74, 6) is -0.593. The summed E-state index contributed by atoms with van der Waals surface area (Å²) in [4.78, 5) is 22.9. The second-order valence-electron chi connectivity index (χ2n) is 3.41. The van der Waals surface area contributed by atoms with E-state index in [-0.39, 0.29) is 0 Å². The van der Waals surface area contributed by atoms with Gasteiger partial charge >= 0.3 is 11.4 Å². The summed E-state index contributed by atoms with van der Waals surface area (Å²) in [7, 11) is 0. The Balaban J connectivity index is 2.70. The fourth-order valence-corrected chi connectivity index (χ4v) is 1.89. The molecule has 0 saturated carbocycles. The van der Waals surface area contributed by atoms with Crippen molar-refractivity contribution < 1.29 is 4.42 Å².